The van der Waals surface area contributed by atoms with Gasteiger partial charge in [-0.1, -0.05) is 6.07 Å². The fraction of sp³-hybridized carbons (Fsp3) is 0.211. The van der Waals surface area contributed by atoms with Gasteiger partial charge in [0.1, 0.15) is 23.2 Å². The first-order valence-electron chi connectivity index (χ1n) is 7.89. The maximum Gasteiger partial charge on any atom is 0.416 e. The molecule has 27 heavy (non-hydrogen) atoms. The molecule has 0 spiro atoms. The largest absolute Gasteiger partial charge is 0.440 e. The minimum absolute atomic E-state index is 0.140. The normalized spacial score (nSPS) is 16.4. The molecule has 0 saturated carbocycles. The van der Waals surface area contributed by atoms with Crippen molar-refractivity contribution >= 4 is 5.69 Å². The van der Waals surface area contributed by atoms with Gasteiger partial charge in [-0.05, 0) is 24.3 Å². The summed E-state index contributed by atoms with van der Waals surface area (Å²) in [5.74, 6) is -1.96. The molecule has 1 aliphatic heterocycles. The minimum atomic E-state index is -4.65. The second-order valence-electron chi connectivity index (χ2n) is 6.28. The molecule has 2 N–H and O–H groups in total. The number of rotatable bonds is 2. The third-order valence-corrected chi connectivity index (χ3v) is 4.35. The summed E-state index contributed by atoms with van der Waals surface area (Å²) in [5.41, 5.74) is 5.50. The van der Waals surface area contributed by atoms with E-state index in [4.69, 9.17) is 10.5 Å². The molecule has 140 valence electrons. The lowest BCUT2D eigenvalue weighted by atomic mass is 9.82. The molecule has 2 aromatic rings. The van der Waals surface area contributed by atoms with Crippen molar-refractivity contribution in [2.24, 2.45) is 5.73 Å². The van der Waals surface area contributed by atoms with E-state index in [9.17, 15) is 22.8 Å². The van der Waals surface area contributed by atoms with Gasteiger partial charge in [-0.15, -0.1) is 0 Å². The summed E-state index contributed by atoms with van der Waals surface area (Å²) in [5, 5.41) is 9.46. The number of benzene rings is 2. The Labute approximate surface area is 153 Å². The molecule has 1 unspecified atom stereocenters. The van der Waals surface area contributed by atoms with Crippen molar-refractivity contribution in [3.63, 3.8) is 0 Å². The smallest absolute Gasteiger partial charge is 0.416 e. The summed E-state index contributed by atoms with van der Waals surface area (Å²) < 4.78 is 59.3. The van der Waals surface area contributed by atoms with E-state index in [2.05, 4.69) is 0 Å². The lowest BCUT2D eigenvalue weighted by Gasteiger charge is -2.28. The molecule has 1 heterocycles. The van der Waals surface area contributed by atoms with Crippen LogP contribution >= 0.6 is 0 Å². The van der Waals surface area contributed by atoms with E-state index in [0.29, 0.717) is 17.7 Å². The van der Waals surface area contributed by atoms with Crippen LogP contribution in [0.3, 0.4) is 0 Å². The average molecular weight is 377 g/mol. The second-order valence-corrected chi connectivity index (χ2v) is 6.28. The summed E-state index contributed by atoms with van der Waals surface area (Å²) in [6.07, 6.45) is -4.65. The van der Waals surface area contributed by atoms with Gasteiger partial charge in [0.25, 0.3) is 0 Å². The van der Waals surface area contributed by atoms with Crippen LogP contribution in [0.25, 0.3) is 0 Å². The summed E-state index contributed by atoms with van der Waals surface area (Å²) in [4.78, 5) is 1.79. The monoisotopic (exact) mass is 377 g/mol. The van der Waals surface area contributed by atoms with Crippen LogP contribution in [0, 0.1) is 17.1 Å². The summed E-state index contributed by atoms with van der Waals surface area (Å²) in [6.45, 7) is 0. The first kappa shape index (κ1) is 18.6. The highest BCUT2D eigenvalue weighted by Gasteiger charge is 2.36. The molecule has 3 rings (SSSR count). The molecular formula is C19H15F4N3O. The maximum atomic E-state index is 14.5. The van der Waals surface area contributed by atoms with E-state index in [1.54, 1.807) is 37.2 Å². The highest BCUT2D eigenvalue weighted by molar-refractivity contribution is 5.61. The Kier molecular flexibility index (Phi) is 4.47. The number of halogens is 4. The number of nitrogens with two attached hydrogens (primary N) is 1. The lowest BCUT2D eigenvalue weighted by molar-refractivity contribution is -0.137. The molecule has 0 saturated heterocycles. The quantitative estimate of drug-likeness (QED) is 0.800. The SMILES string of the molecule is CN(C)c1ccc2c(c1)OC(N)=C(C#N)C2c1cc(C(F)(F)F)ccc1F. The molecule has 0 aliphatic carbocycles. The number of alkyl halides is 3. The Bertz CT molecular complexity index is 974. The van der Waals surface area contributed by atoms with Crippen LogP contribution < -0.4 is 15.4 Å². The molecule has 2 aromatic carbocycles. The van der Waals surface area contributed by atoms with Crippen molar-refractivity contribution in [3.05, 3.63) is 70.4 Å². The first-order chi connectivity index (χ1) is 12.6. The van der Waals surface area contributed by atoms with Gasteiger partial charge >= 0.3 is 6.18 Å². The van der Waals surface area contributed by atoms with Gasteiger partial charge in [0.15, 0.2) is 0 Å². The molecule has 8 heteroatoms. The number of ether oxygens (including phenoxy) is 1. The van der Waals surface area contributed by atoms with Crippen molar-refractivity contribution in [2.75, 3.05) is 19.0 Å². The molecule has 0 amide bonds. The van der Waals surface area contributed by atoms with Gasteiger partial charge in [0.2, 0.25) is 5.88 Å². The molecule has 0 radical (unpaired) electrons. The van der Waals surface area contributed by atoms with Crippen LogP contribution in [0.2, 0.25) is 0 Å². The topological polar surface area (TPSA) is 62.3 Å². The number of nitriles is 1. The molecule has 0 bridgehead atoms. The highest BCUT2D eigenvalue weighted by Crippen LogP contribution is 2.45. The van der Waals surface area contributed by atoms with Gasteiger partial charge in [-0.25, -0.2) is 4.39 Å². The minimum Gasteiger partial charge on any atom is -0.440 e. The number of anilines is 1. The average Bonchev–Trinajstić information content (AvgIpc) is 2.59. The number of nitrogens with zero attached hydrogens (tertiary/aromatic N) is 2. The van der Waals surface area contributed by atoms with Gasteiger partial charge in [-0.2, -0.15) is 18.4 Å². The van der Waals surface area contributed by atoms with Crippen molar-refractivity contribution in [2.45, 2.75) is 12.1 Å². The van der Waals surface area contributed by atoms with Gasteiger partial charge in [-0.3, -0.25) is 0 Å². The Balaban J connectivity index is 2.25. The van der Waals surface area contributed by atoms with Crippen LogP contribution in [0.15, 0.2) is 47.9 Å². The molecule has 1 aliphatic rings. The van der Waals surface area contributed by atoms with E-state index in [0.717, 1.165) is 11.8 Å². The Morgan fingerprint density at radius 3 is 2.41 bits per heavy atom. The molecular weight excluding hydrogens is 362 g/mol. The van der Waals surface area contributed by atoms with Crippen molar-refractivity contribution in [1.29, 1.82) is 5.26 Å². The number of fused-ring (bicyclic) bond motifs is 1. The zero-order valence-corrected chi connectivity index (χ0v) is 14.4. The maximum absolute atomic E-state index is 14.5. The van der Waals surface area contributed by atoms with Gasteiger partial charge in [0.05, 0.1) is 11.5 Å². The summed E-state index contributed by atoms with van der Waals surface area (Å²) >= 11 is 0. The predicted molar refractivity (Wildman–Crippen MR) is 91.5 cm³/mol. The molecule has 4 nitrogen and oxygen atoms in total. The van der Waals surface area contributed by atoms with E-state index >= 15 is 0 Å². The van der Waals surface area contributed by atoms with Gasteiger partial charge in [0, 0.05) is 37.0 Å². The fourth-order valence-electron chi connectivity index (χ4n) is 2.98. The second kappa shape index (κ2) is 6.50. The van der Waals surface area contributed by atoms with Crippen molar-refractivity contribution < 1.29 is 22.3 Å². The molecule has 1 atom stereocenters. The number of hydrogen-bond donors (Lipinski definition) is 1. The van der Waals surface area contributed by atoms with Crippen molar-refractivity contribution in [1.82, 2.24) is 0 Å². The van der Waals surface area contributed by atoms with Crippen LogP contribution in [0.4, 0.5) is 23.2 Å². The zero-order chi connectivity index (χ0) is 19.9. The van der Waals surface area contributed by atoms with E-state index in [-0.39, 0.29) is 22.8 Å². The van der Waals surface area contributed by atoms with E-state index in [1.807, 2.05) is 6.07 Å². The van der Waals surface area contributed by atoms with E-state index in [1.165, 1.54) is 0 Å². The van der Waals surface area contributed by atoms with Crippen LogP contribution in [-0.2, 0) is 6.18 Å². The highest BCUT2D eigenvalue weighted by atomic mass is 19.4. The Hall–Kier alpha value is -3.21. The predicted octanol–water partition coefficient (Wildman–Crippen LogP) is 4.13. The third-order valence-electron chi connectivity index (χ3n) is 4.35. The van der Waals surface area contributed by atoms with Gasteiger partial charge < -0.3 is 15.4 Å². The molecule has 0 fully saturated rings. The fourth-order valence-corrected chi connectivity index (χ4v) is 2.98. The Morgan fingerprint density at radius 2 is 1.81 bits per heavy atom. The van der Waals surface area contributed by atoms with Crippen LogP contribution in [-0.4, -0.2) is 14.1 Å². The standard InChI is InChI=1S/C19H15F4N3O/c1-26(2)11-4-5-12-16(8-11)27-18(25)14(9-24)17(12)13-7-10(19(21,22)23)3-6-15(13)20/h3-8,17H,25H2,1-2H3. The number of allylic oxidation sites excluding steroid dienone is 1. The number of hydrogen-bond acceptors (Lipinski definition) is 4. The van der Waals surface area contributed by atoms with Crippen molar-refractivity contribution in [3.8, 4) is 11.8 Å². The van der Waals surface area contributed by atoms with Crippen LogP contribution in [0.5, 0.6) is 5.75 Å². The Morgan fingerprint density at radius 1 is 1.11 bits per heavy atom. The molecule has 0 aromatic heterocycles. The first-order valence-corrected chi connectivity index (χ1v) is 7.89. The third kappa shape index (κ3) is 3.28. The van der Waals surface area contributed by atoms with E-state index < -0.39 is 23.5 Å². The lowest BCUT2D eigenvalue weighted by Crippen LogP contribution is -2.22. The zero-order valence-electron chi connectivity index (χ0n) is 14.4. The van der Waals surface area contributed by atoms with Crippen LogP contribution in [0.1, 0.15) is 22.6 Å². The summed E-state index contributed by atoms with van der Waals surface area (Å²) in [6, 6.07) is 8.88. The summed E-state index contributed by atoms with van der Waals surface area (Å²) in [7, 11) is 3.60.